The Balaban J connectivity index is 2.42. The SMILES string of the molecule is CC(C)CC(C)OCC(=O)c1ccc(I)cc1. The summed E-state index contributed by atoms with van der Waals surface area (Å²) in [4.78, 5) is 11.8. The predicted molar refractivity (Wildman–Crippen MR) is 78.4 cm³/mol. The van der Waals surface area contributed by atoms with Crippen LogP contribution in [-0.4, -0.2) is 18.5 Å². The number of Topliss-reactive ketones (excluding diaryl/α,β-unsaturated/α-hetero) is 1. The molecule has 1 aromatic carbocycles. The Morgan fingerprint density at radius 1 is 1.24 bits per heavy atom. The van der Waals surface area contributed by atoms with E-state index in [0.717, 1.165) is 15.6 Å². The zero-order chi connectivity index (χ0) is 12.8. The van der Waals surface area contributed by atoms with Crippen LogP contribution >= 0.6 is 22.6 Å². The molecule has 1 unspecified atom stereocenters. The van der Waals surface area contributed by atoms with Gasteiger partial charge in [0, 0.05) is 9.13 Å². The van der Waals surface area contributed by atoms with Gasteiger partial charge in [0.1, 0.15) is 6.61 Å². The summed E-state index contributed by atoms with van der Waals surface area (Å²) >= 11 is 2.22. The molecule has 2 nitrogen and oxygen atoms in total. The molecule has 0 bridgehead atoms. The van der Waals surface area contributed by atoms with Crippen LogP contribution in [0.4, 0.5) is 0 Å². The first kappa shape index (κ1) is 14.6. The van der Waals surface area contributed by atoms with E-state index in [1.165, 1.54) is 0 Å². The van der Waals surface area contributed by atoms with Gasteiger partial charge in [0.2, 0.25) is 0 Å². The molecule has 17 heavy (non-hydrogen) atoms. The third kappa shape index (κ3) is 5.64. The van der Waals surface area contributed by atoms with Gasteiger partial charge in [-0.25, -0.2) is 0 Å². The molecular formula is C14H19IO2. The van der Waals surface area contributed by atoms with Crippen LogP contribution in [-0.2, 0) is 4.74 Å². The Morgan fingerprint density at radius 3 is 2.35 bits per heavy atom. The lowest BCUT2D eigenvalue weighted by atomic mass is 10.1. The summed E-state index contributed by atoms with van der Waals surface area (Å²) in [5, 5.41) is 0. The highest BCUT2D eigenvalue weighted by Crippen LogP contribution is 2.10. The molecule has 3 heteroatoms. The summed E-state index contributed by atoms with van der Waals surface area (Å²) in [5.74, 6) is 0.649. The maximum atomic E-state index is 11.8. The molecule has 0 amide bonds. The first-order valence-electron chi connectivity index (χ1n) is 5.89. The molecule has 1 rings (SSSR count). The van der Waals surface area contributed by atoms with Crippen molar-refractivity contribution in [3.63, 3.8) is 0 Å². The van der Waals surface area contributed by atoms with Gasteiger partial charge in [-0.2, -0.15) is 0 Å². The number of hydrogen-bond acceptors (Lipinski definition) is 2. The van der Waals surface area contributed by atoms with Crippen molar-refractivity contribution < 1.29 is 9.53 Å². The van der Waals surface area contributed by atoms with Crippen molar-refractivity contribution in [3.8, 4) is 0 Å². The van der Waals surface area contributed by atoms with Gasteiger partial charge < -0.3 is 4.74 Å². The quantitative estimate of drug-likeness (QED) is 0.576. The molecule has 94 valence electrons. The lowest BCUT2D eigenvalue weighted by Crippen LogP contribution is -2.17. The van der Waals surface area contributed by atoms with Crippen molar-refractivity contribution in [3.05, 3.63) is 33.4 Å². The van der Waals surface area contributed by atoms with Crippen LogP contribution in [0, 0.1) is 9.49 Å². The van der Waals surface area contributed by atoms with Crippen LogP contribution in [0.1, 0.15) is 37.6 Å². The van der Waals surface area contributed by atoms with Crippen molar-refractivity contribution in [1.29, 1.82) is 0 Å². The average Bonchev–Trinajstić information content (AvgIpc) is 2.26. The van der Waals surface area contributed by atoms with Crippen molar-refractivity contribution in [2.45, 2.75) is 33.3 Å². The van der Waals surface area contributed by atoms with E-state index in [-0.39, 0.29) is 18.5 Å². The fourth-order valence-corrected chi connectivity index (χ4v) is 2.03. The summed E-state index contributed by atoms with van der Waals surface area (Å²) in [6, 6.07) is 7.57. The molecule has 0 aliphatic rings. The molecule has 0 N–H and O–H groups in total. The van der Waals surface area contributed by atoms with Gasteiger partial charge in [0.15, 0.2) is 5.78 Å². The molecule has 0 saturated heterocycles. The number of ether oxygens (including phenoxy) is 1. The Morgan fingerprint density at radius 2 is 1.82 bits per heavy atom. The Bertz CT molecular complexity index is 357. The van der Waals surface area contributed by atoms with E-state index in [2.05, 4.69) is 36.4 Å². The first-order chi connectivity index (χ1) is 7.99. The molecule has 1 aromatic rings. The van der Waals surface area contributed by atoms with Crippen LogP contribution in [0.3, 0.4) is 0 Å². The molecule has 0 aliphatic heterocycles. The number of ketones is 1. The van der Waals surface area contributed by atoms with E-state index < -0.39 is 0 Å². The molecule has 0 saturated carbocycles. The first-order valence-corrected chi connectivity index (χ1v) is 6.97. The van der Waals surface area contributed by atoms with Gasteiger partial charge in [0.05, 0.1) is 6.10 Å². The van der Waals surface area contributed by atoms with Crippen molar-refractivity contribution in [2.24, 2.45) is 5.92 Å². The molecule has 0 aliphatic carbocycles. The summed E-state index contributed by atoms with van der Waals surface area (Å²) in [6.07, 6.45) is 1.13. The standard InChI is InChI=1S/C14H19IO2/c1-10(2)8-11(3)17-9-14(16)12-4-6-13(15)7-5-12/h4-7,10-11H,8-9H2,1-3H3. The summed E-state index contributed by atoms with van der Waals surface area (Å²) in [7, 11) is 0. The Kier molecular flexibility index (Phi) is 6.12. The fraction of sp³-hybridized carbons (Fsp3) is 0.500. The topological polar surface area (TPSA) is 26.3 Å². The summed E-state index contributed by atoms with van der Waals surface area (Å²) in [5.41, 5.74) is 0.724. The lowest BCUT2D eigenvalue weighted by molar-refractivity contribution is 0.0445. The van der Waals surface area contributed by atoms with Gasteiger partial charge >= 0.3 is 0 Å². The van der Waals surface area contributed by atoms with E-state index in [9.17, 15) is 4.79 Å². The molecule has 0 radical (unpaired) electrons. The zero-order valence-corrected chi connectivity index (χ0v) is 12.7. The molecule has 1 atom stereocenters. The highest BCUT2D eigenvalue weighted by atomic mass is 127. The van der Waals surface area contributed by atoms with Gasteiger partial charge in [-0.05, 0) is 54.0 Å². The second kappa shape index (κ2) is 7.11. The van der Waals surface area contributed by atoms with Crippen LogP contribution in [0.5, 0.6) is 0 Å². The monoisotopic (exact) mass is 346 g/mol. The number of benzene rings is 1. The second-order valence-electron chi connectivity index (χ2n) is 4.68. The van der Waals surface area contributed by atoms with Crippen LogP contribution in [0.25, 0.3) is 0 Å². The van der Waals surface area contributed by atoms with Crippen molar-refractivity contribution in [2.75, 3.05) is 6.61 Å². The molecule has 0 spiro atoms. The van der Waals surface area contributed by atoms with Crippen LogP contribution < -0.4 is 0 Å². The summed E-state index contributed by atoms with van der Waals surface area (Å²) in [6.45, 7) is 6.50. The minimum Gasteiger partial charge on any atom is -0.370 e. The summed E-state index contributed by atoms with van der Waals surface area (Å²) < 4.78 is 6.68. The second-order valence-corrected chi connectivity index (χ2v) is 5.93. The predicted octanol–water partition coefficient (Wildman–Crippen LogP) is 3.93. The number of halogens is 1. The van der Waals surface area contributed by atoms with E-state index in [1.54, 1.807) is 0 Å². The molecule has 0 heterocycles. The highest BCUT2D eigenvalue weighted by Gasteiger charge is 2.10. The Labute approximate surface area is 117 Å². The third-order valence-electron chi connectivity index (χ3n) is 2.47. The largest absolute Gasteiger partial charge is 0.370 e. The maximum Gasteiger partial charge on any atom is 0.188 e. The van der Waals surface area contributed by atoms with Crippen LogP contribution in [0.15, 0.2) is 24.3 Å². The minimum atomic E-state index is 0.0528. The van der Waals surface area contributed by atoms with Crippen molar-refractivity contribution in [1.82, 2.24) is 0 Å². The lowest BCUT2D eigenvalue weighted by Gasteiger charge is -2.14. The Hall–Kier alpha value is -0.420. The van der Waals surface area contributed by atoms with E-state index in [1.807, 2.05) is 31.2 Å². The smallest absolute Gasteiger partial charge is 0.188 e. The number of carbonyl (C=O) groups excluding carboxylic acids is 1. The van der Waals surface area contributed by atoms with E-state index in [0.29, 0.717) is 5.92 Å². The van der Waals surface area contributed by atoms with Gasteiger partial charge in [-0.3, -0.25) is 4.79 Å². The fourth-order valence-electron chi connectivity index (χ4n) is 1.67. The minimum absolute atomic E-state index is 0.0528. The normalized spacial score (nSPS) is 12.8. The van der Waals surface area contributed by atoms with Gasteiger partial charge in [0.25, 0.3) is 0 Å². The number of hydrogen-bond donors (Lipinski definition) is 0. The molecule has 0 aromatic heterocycles. The van der Waals surface area contributed by atoms with Gasteiger partial charge in [-0.15, -0.1) is 0 Å². The van der Waals surface area contributed by atoms with Gasteiger partial charge in [-0.1, -0.05) is 26.0 Å². The highest BCUT2D eigenvalue weighted by molar-refractivity contribution is 14.1. The number of carbonyl (C=O) groups is 1. The number of rotatable bonds is 6. The molecule has 0 fully saturated rings. The average molecular weight is 346 g/mol. The zero-order valence-electron chi connectivity index (χ0n) is 10.6. The van der Waals surface area contributed by atoms with Crippen molar-refractivity contribution >= 4 is 28.4 Å². The maximum absolute atomic E-state index is 11.8. The van der Waals surface area contributed by atoms with E-state index >= 15 is 0 Å². The molecular weight excluding hydrogens is 327 g/mol. The van der Waals surface area contributed by atoms with E-state index in [4.69, 9.17) is 4.74 Å². The van der Waals surface area contributed by atoms with Crippen LogP contribution in [0.2, 0.25) is 0 Å². The third-order valence-corrected chi connectivity index (χ3v) is 3.19.